The fourth-order valence-corrected chi connectivity index (χ4v) is 3.40. The maximum absolute atomic E-state index is 13.3. The molecule has 1 heterocycles. The van der Waals surface area contributed by atoms with Gasteiger partial charge in [-0.25, -0.2) is 9.37 Å². The Morgan fingerprint density at radius 2 is 1.85 bits per heavy atom. The Hall–Kier alpha value is -2.67. The molecular formula is C19H20ClFN4O2. The minimum absolute atomic E-state index is 0.0470. The first-order chi connectivity index (χ1) is 12.9. The van der Waals surface area contributed by atoms with Gasteiger partial charge in [0.15, 0.2) is 0 Å². The van der Waals surface area contributed by atoms with Crippen molar-refractivity contribution in [2.24, 2.45) is 5.73 Å². The highest BCUT2D eigenvalue weighted by Crippen LogP contribution is 2.23. The molecule has 1 aliphatic rings. The number of nitrogens with one attached hydrogen (secondary N) is 2. The Balaban J connectivity index is 1.71. The lowest BCUT2D eigenvalue weighted by molar-refractivity contribution is 0.0923. The first-order valence-electron chi connectivity index (χ1n) is 8.72. The molecule has 2 unspecified atom stereocenters. The average molecular weight is 391 g/mol. The van der Waals surface area contributed by atoms with E-state index in [4.69, 9.17) is 17.3 Å². The highest BCUT2D eigenvalue weighted by Gasteiger charge is 2.27. The van der Waals surface area contributed by atoms with Crippen LogP contribution in [-0.2, 0) is 0 Å². The van der Waals surface area contributed by atoms with Gasteiger partial charge in [0.25, 0.3) is 5.91 Å². The van der Waals surface area contributed by atoms with Crippen molar-refractivity contribution in [3.63, 3.8) is 0 Å². The van der Waals surface area contributed by atoms with E-state index in [9.17, 15) is 14.0 Å². The molecule has 27 heavy (non-hydrogen) atoms. The number of hydrogen-bond acceptors (Lipinski definition) is 4. The molecule has 2 amide bonds. The zero-order valence-electron chi connectivity index (χ0n) is 14.5. The van der Waals surface area contributed by atoms with E-state index in [1.807, 2.05) is 0 Å². The standard InChI is InChI=1S/C19H20ClFN4O2/c20-13-9-12(5-6-14(13)21)19(27)25-16-4-2-1-3-15(16)24-17-10-11(18(22)26)7-8-23-17/h5-10,15-16H,1-4H2,(H2,22,26)(H,23,24)(H,25,27). The van der Waals surface area contributed by atoms with Crippen LogP contribution in [0.5, 0.6) is 0 Å². The van der Waals surface area contributed by atoms with Crippen LogP contribution < -0.4 is 16.4 Å². The van der Waals surface area contributed by atoms with Gasteiger partial charge in [0.2, 0.25) is 5.91 Å². The van der Waals surface area contributed by atoms with Crippen molar-refractivity contribution in [1.29, 1.82) is 0 Å². The van der Waals surface area contributed by atoms with E-state index < -0.39 is 11.7 Å². The zero-order valence-corrected chi connectivity index (χ0v) is 15.3. The van der Waals surface area contributed by atoms with Crippen LogP contribution in [0.15, 0.2) is 36.5 Å². The second kappa shape index (κ2) is 8.35. The Morgan fingerprint density at radius 1 is 1.11 bits per heavy atom. The first kappa shape index (κ1) is 19.1. The third-order valence-electron chi connectivity index (χ3n) is 4.64. The summed E-state index contributed by atoms with van der Waals surface area (Å²) in [5.74, 6) is -0.871. The first-order valence-corrected chi connectivity index (χ1v) is 9.10. The van der Waals surface area contributed by atoms with Gasteiger partial charge in [-0.15, -0.1) is 0 Å². The second-order valence-electron chi connectivity index (χ2n) is 6.54. The van der Waals surface area contributed by atoms with Crippen LogP contribution in [-0.4, -0.2) is 28.9 Å². The number of carbonyl (C=O) groups is 2. The molecule has 1 aromatic heterocycles. The molecule has 0 radical (unpaired) electrons. The molecule has 2 aromatic rings. The van der Waals surface area contributed by atoms with E-state index in [-0.39, 0.29) is 23.0 Å². The average Bonchev–Trinajstić information content (AvgIpc) is 2.65. The number of pyridine rings is 1. The van der Waals surface area contributed by atoms with Gasteiger partial charge >= 0.3 is 0 Å². The molecule has 1 aromatic carbocycles. The third-order valence-corrected chi connectivity index (χ3v) is 4.93. The van der Waals surface area contributed by atoms with Gasteiger partial charge in [-0.2, -0.15) is 0 Å². The third kappa shape index (κ3) is 4.74. The van der Waals surface area contributed by atoms with Gasteiger partial charge in [0, 0.05) is 29.4 Å². The normalized spacial score (nSPS) is 19.3. The van der Waals surface area contributed by atoms with Crippen molar-refractivity contribution < 1.29 is 14.0 Å². The largest absolute Gasteiger partial charge is 0.366 e. The van der Waals surface area contributed by atoms with Crippen LogP contribution in [0.1, 0.15) is 46.4 Å². The number of nitrogens with zero attached hydrogens (tertiary/aromatic N) is 1. The maximum atomic E-state index is 13.3. The van der Waals surface area contributed by atoms with Crippen molar-refractivity contribution in [3.8, 4) is 0 Å². The molecule has 6 nitrogen and oxygen atoms in total. The number of nitrogens with two attached hydrogens (primary N) is 1. The Bertz CT molecular complexity index is 861. The number of rotatable bonds is 5. The van der Waals surface area contributed by atoms with Crippen molar-refractivity contribution in [3.05, 3.63) is 58.5 Å². The number of primary amides is 1. The van der Waals surface area contributed by atoms with Gasteiger partial charge < -0.3 is 16.4 Å². The summed E-state index contributed by atoms with van der Waals surface area (Å²) in [6, 6.07) is 6.85. The van der Waals surface area contributed by atoms with Gasteiger partial charge in [-0.1, -0.05) is 24.4 Å². The van der Waals surface area contributed by atoms with E-state index in [0.29, 0.717) is 16.9 Å². The highest BCUT2D eigenvalue weighted by molar-refractivity contribution is 6.31. The summed E-state index contributed by atoms with van der Waals surface area (Å²) in [6.45, 7) is 0. The summed E-state index contributed by atoms with van der Waals surface area (Å²) in [5.41, 5.74) is 5.98. The minimum atomic E-state index is -0.564. The number of anilines is 1. The fourth-order valence-electron chi connectivity index (χ4n) is 3.22. The summed E-state index contributed by atoms with van der Waals surface area (Å²) in [7, 11) is 0. The van der Waals surface area contributed by atoms with Gasteiger partial charge in [-0.3, -0.25) is 9.59 Å². The molecule has 8 heteroatoms. The Labute approximate surface area is 161 Å². The fraction of sp³-hybridized carbons (Fsp3) is 0.316. The molecule has 1 fully saturated rings. The smallest absolute Gasteiger partial charge is 0.251 e. The number of aromatic nitrogens is 1. The van der Waals surface area contributed by atoms with Crippen LogP contribution >= 0.6 is 11.6 Å². The van der Waals surface area contributed by atoms with Crippen molar-refractivity contribution in [2.75, 3.05) is 5.32 Å². The van der Waals surface area contributed by atoms with E-state index >= 15 is 0 Å². The molecule has 0 aliphatic heterocycles. The quantitative estimate of drug-likeness (QED) is 0.730. The number of carbonyl (C=O) groups excluding carboxylic acids is 2. The number of benzene rings is 1. The molecule has 2 atom stereocenters. The summed E-state index contributed by atoms with van der Waals surface area (Å²) in [6.07, 6.45) is 5.16. The van der Waals surface area contributed by atoms with E-state index in [1.54, 1.807) is 12.1 Å². The van der Waals surface area contributed by atoms with Crippen molar-refractivity contribution in [2.45, 2.75) is 37.8 Å². The van der Waals surface area contributed by atoms with Crippen LogP contribution in [0.3, 0.4) is 0 Å². The SMILES string of the molecule is NC(=O)c1ccnc(NC2CCCCC2NC(=O)c2ccc(F)c(Cl)c2)c1. The van der Waals surface area contributed by atoms with E-state index in [2.05, 4.69) is 15.6 Å². The zero-order chi connectivity index (χ0) is 19.4. The lowest BCUT2D eigenvalue weighted by Gasteiger charge is -2.33. The summed E-state index contributed by atoms with van der Waals surface area (Å²) < 4.78 is 13.3. The maximum Gasteiger partial charge on any atom is 0.251 e. The van der Waals surface area contributed by atoms with Crippen LogP contribution in [0.25, 0.3) is 0 Å². The van der Waals surface area contributed by atoms with Crippen LogP contribution in [0.4, 0.5) is 10.2 Å². The van der Waals surface area contributed by atoms with Gasteiger partial charge in [-0.05, 0) is 43.2 Å². The lowest BCUT2D eigenvalue weighted by Crippen LogP contribution is -2.48. The van der Waals surface area contributed by atoms with Gasteiger partial charge in [0.05, 0.1) is 5.02 Å². The molecule has 0 saturated heterocycles. The molecule has 142 valence electrons. The lowest BCUT2D eigenvalue weighted by atomic mass is 9.90. The van der Waals surface area contributed by atoms with E-state index in [0.717, 1.165) is 25.7 Å². The summed E-state index contributed by atoms with van der Waals surface area (Å²) in [4.78, 5) is 28.1. The monoisotopic (exact) mass is 390 g/mol. The minimum Gasteiger partial charge on any atom is -0.366 e. The second-order valence-corrected chi connectivity index (χ2v) is 6.95. The molecule has 1 aliphatic carbocycles. The van der Waals surface area contributed by atoms with Crippen molar-refractivity contribution in [1.82, 2.24) is 10.3 Å². The van der Waals surface area contributed by atoms with Crippen LogP contribution in [0.2, 0.25) is 5.02 Å². The molecule has 1 saturated carbocycles. The number of hydrogen-bond donors (Lipinski definition) is 3. The van der Waals surface area contributed by atoms with Crippen LogP contribution in [0, 0.1) is 5.82 Å². The molecule has 0 spiro atoms. The highest BCUT2D eigenvalue weighted by atomic mass is 35.5. The summed E-state index contributed by atoms with van der Waals surface area (Å²) in [5, 5.41) is 6.18. The van der Waals surface area contributed by atoms with E-state index in [1.165, 1.54) is 24.4 Å². The Morgan fingerprint density at radius 3 is 2.56 bits per heavy atom. The predicted octanol–water partition coefficient (Wildman–Crippen LogP) is 3.13. The Kier molecular flexibility index (Phi) is 5.91. The topological polar surface area (TPSA) is 97.1 Å². The molecule has 0 bridgehead atoms. The number of amides is 2. The predicted molar refractivity (Wildman–Crippen MR) is 101 cm³/mol. The summed E-state index contributed by atoms with van der Waals surface area (Å²) >= 11 is 5.76. The molecule has 3 rings (SSSR count). The number of halogens is 2. The molecule has 4 N–H and O–H groups in total. The van der Waals surface area contributed by atoms with Gasteiger partial charge in [0.1, 0.15) is 11.6 Å². The van der Waals surface area contributed by atoms with Crippen molar-refractivity contribution >= 4 is 29.2 Å². The molecular weight excluding hydrogens is 371 g/mol.